The van der Waals surface area contributed by atoms with Crippen LogP contribution in [0, 0.1) is 6.92 Å². The molecule has 4 rings (SSSR count). The first-order chi connectivity index (χ1) is 12.8. The zero-order valence-electron chi connectivity index (χ0n) is 15.6. The molecule has 2 saturated heterocycles. The summed E-state index contributed by atoms with van der Waals surface area (Å²) in [6.45, 7) is 8.50. The van der Waals surface area contributed by atoms with Gasteiger partial charge in [0.1, 0.15) is 18.0 Å². The van der Waals surface area contributed by atoms with Crippen LogP contribution in [0.1, 0.15) is 49.5 Å². The Morgan fingerprint density at radius 3 is 2.58 bits per heavy atom. The van der Waals surface area contributed by atoms with Crippen molar-refractivity contribution in [2.45, 2.75) is 51.5 Å². The lowest BCUT2D eigenvalue weighted by Gasteiger charge is -2.31. The molecule has 8 heteroatoms. The van der Waals surface area contributed by atoms with Gasteiger partial charge in [-0.3, -0.25) is 0 Å². The highest BCUT2D eigenvalue weighted by atomic mass is 15.5. The average molecular weight is 356 g/mol. The zero-order chi connectivity index (χ0) is 17.8. The number of piperidine rings is 1. The second-order valence-corrected chi connectivity index (χ2v) is 7.41. The summed E-state index contributed by atoms with van der Waals surface area (Å²) in [7, 11) is 0. The molecule has 0 N–H and O–H groups in total. The van der Waals surface area contributed by atoms with E-state index in [2.05, 4.69) is 41.4 Å². The van der Waals surface area contributed by atoms with Gasteiger partial charge in [0.05, 0.1) is 0 Å². The van der Waals surface area contributed by atoms with Crippen molar-refractivity contribution in [3.63, 3.8) is 0 Å². The molecular weight excluding hydrogens is 328 g/mol. The Balaban J connectivity index is 1.25. The van der Waals surface area contributed by atoms with Gasteiger partial charge in [0.25, 0.3) is 0 Å². The van der Waals surface area contributed by atoms with E-state index in [0.29, 0.717) is 5.92 Å². The Morgan fingerprint density at radius 1 is 1.04 bits per heavy atom. The van der Waals surface area contributed by atoms with Gasteiger partial charge in [-0.15, -0.1) is 5.10 Å². The molecule has 2 aliphatic rings. The van der Waals surface area contributed by atoms with E-state index in [9.17, 15) is 0 Å². The minimum Gasteiger partial charge on any atom is -0.357 e. The molecule has 2 aromatic rings. The lowest BCUT2D eigenvalue weighted by Crippen LogP contribution is -2.34. The van der Waals surface area contributed by atoms with Gasteiger partial charge in [-0.2, -0.15) is 0 Å². The fraction of sp³-hybridized carbons (Fsp3) is 0.722. The monoisotopic (exact) mass is 356 g/mol. The van der Waals surface area contributed by atoms with Crippen molar-refractivity contribution < 1.29 is 0 Å². The molecule has 2 aliphatic heterocycles. The molecule has 8 nitrogen and oxygen atoms in total. The maximum absolute atomic E-state index is 4.58. The number of rotatable bonds is 6. The number of tetrazole rings is 1. The molecule has 0 radical (unpaired) electrons. The van der Waals surface area contributed by atoms with Crippen LogP contribution in [0.3, 0.4) is 0 Å². The van der Waals surface area contributed by atoms with E-state index in [0.717, 1.165) is 57.3 Å². The summed E-state index contributed by atoms with van der Waals surface area (Å²) in [4.78, 5) is 14.0. The lowest BCUT2D eigenvalue weighted by molar-refractivity contribution is 0.204. The molecule has 0 spiro atoms. The number of hydrogen-bond donors (Lipinski definition) is 0. The van der Waals surface area contributed by atoms with Crippen LogP contribution in [0.5, 0.6) is 0 Å². The standard InChI is InChI=1S/C18H28N8/c1-15-21-22-23-26(15)10-4-7-24-11-5-16(6-12-24)17-13-18(20-14-19-17)25-8-2-3-9-25/h13-14,16H,2-12H2,1H3. The van der Waals surface area contributed by atoms with E-state index in [1.807, 2.05) is 11.6 Å². The van der Waals surface area contributed by atoms with E-state index in [1.165, 1.54) is 31.4 Å². The average Bonchev–Trinajstić information content (AvgIpc) is 3.35. The minimum absolute atomic E-state index is 0.567. The van der Waals surface area contributed by atoms with Crippen molar-refractivity contribution in [3.8, 4) is 0 Å². The van der Waals surface area contributed by atoms with Gasteiger partial charge in [-0.1, -0.05) is 0 Å². The molecule has 0 amide bonds. The second kappa shape index (κ2) is 8.07. The van der Waals surface area contributed by atoms with Crippen LogP contribution in [-0.2, 0) is 6.54 Å². The third-order valence-electron chi connectivity index (χ3n) is 5.66. The summed E-state index contributed by atoms with van der Waals surface area (Å²) in [5.74, 6) is 2.57. The first kappa shape index (κ1) is 17.3. The molecule has 0 aromatic carbocycles. The normalized spacial score (nSPS) is 19.3. The summed E-state index contributed by atoms with van der Waals surface area (Å²) in [6, 6.07) is 2.23. The molecule has 140 valence electrons. The summed E-state index contributed by atoms with van der Waals surface area (Å²) in [6.07, 6.45) is 7.76. The molecule has 2 fully saturated rings. The summed E-state index contributed by atoms with van der Waals surface area (Å²) in [5.41, 5.74) is 1.23. The SMILES string of the molecule is Cc1nnnn1CCCN1CCC(c2cc(N3CCCC3)ncn2)CC1. The van der Waals surface area contributed by atoms with Gasteiger partial charge in [0, 0.05) is 37.3 Å². The highest BCUT2D eigenvalue weighted by Crippen LogP contribution is 2.28. The van der Waals surface area contributed by atoms with E-state index in [1.54, 1.807) is 6.33 Å². The molecule has 26 heavy (non-hydrogen) atoms. The number of likely N-dealkylation sites (tertiary alicyclic amines) is 1. The van der Waals surface area contributed by atoms with E-state index in [-0.39, 0.29) is 0 Å². The van der Waals surface area contributed by atoms with Gasteiger partial charge in [-0.25, -0.2) is 14.6 Å². The first-order valence-corrected chi connectivity index (χ1v) is 9.81. The van der Waals surface area contributed by atoms with Crippen LogP contribution in [0.2, 0.25) is 0 Å². The Bertz CT molecular complexity index is 701. The molecule has 0 saturated carbocycles. The molecule has 0 bridgehead atoms. The minimum atomic E-state index is 0.567. The van der Waals surface area contributed by atoms with Gasteiger partial charge < -0.3 is 9.80 Å². The van der Waals surface area contributed by atoms with Crippen molar-refractivity contribution in [2.75, 3.05) is 37.6 Å². The number of hydrogen-bond acceptors (Lipinski definition) is 7. The zero-order valence-corrected chi connectivity index (χ0v) is 15.6. The molecule has 2 aromatic heterocycles. The Hall–Kier alpha value is -2.09. The van der Waals surface area contributed by atoms with Crippen LogP contribution >= 0.6 is 0 Å². The van der Waals surface area contributed by atoms with E-state index >= 15 is 0 Å². The van der Waals surface area contributed by atoms with Crippen molar-refractivity contribution in [3.05, 3.63) is 23.9 Å². The highest BCUT2D eigenvalue weighted by molar-refractivity contribution is 5.40. The highest BCUT2D eigenvalue weighted by Gasteiger charge is 2.23. The molecular formula is C18H28N8. The summed E-state index contributed by atoms with van der Waals surface area (Å²) >= 11 is 0. The van der Waals surface area contributed by atoms with Gasteiger partial charge in [-0.05, 0) is 69.1 Å². The summed E-state index contributed by atoms with van der Waals surface area (Å²) < 4.78 is 1.88. The molecule has 0 aliphatic carbocycles. The summed E-state index contributed by atoms with van der Waals surface area (Å²) in [5, 5.41) is 11.6. The molecule has 4 heterocycles. The predicted octanol–water partition coefficient (Wildman–Crippen LogP) is 1.64. The Kier molecular flexibility index (Phi) is 5.38. The smallest absolute Gasteiger partial charge is 0.148 e. The lowest BCUT2D eigenvalue weighted by atomic mass is 9.93. The largest absolute Gasteiger partial charge is 0.357 e. The van der Waals surface area contributed by atoms with Crippen molar-refractivity contribution >= 4 is 5.82 Å². The maximum atomic E-state index is 4.58. The van der Waals surface area contributed by atoms with Crippen molar-refractivity contribution in [2.24, 2.45) is 0 Å². The second-order valence-electron chi connectivity index (χ2n) is 7.41. The van der Waals surface area contributed by atoms with E-state index < -0.39 is 0 Å². The number of nitrogens with zero attached hydrogens (tertiary/aromatic N) is 8. The number of aromatic nitrogens is 6. The quantitative estimate of drug-likeness (QED) is 0.779. The third-order valence-corrected chi connectivity index (χ3v) is 5.66. The first-order valence-electron chi connectivity index (χ1n) is 9.81. The third kappa shape index (κ3) is 4.00. The van der Waals surface area contributed by atoms with Crippen LogP contribution in [0.4, 0.5) is 5.82 Å². The number of aryl methyl sites for hydroxylation is 2. The van der Waals surface area contributed by atoms with Gasteiger partial charge in [0.15, 0.2) is 0 Å². The fourth-order valence-electron chi connectivity index (χ4n) is 4.06. The number of anilines is 1. The van der Waals surface area contributed by atoms with Crippen molar-refractivity contribution in [1.82, 2.24) is 35.1 Å². The molecule has 0 atom stereocenters. The molecule has 0 unspecified atom stereocenters. The Morgan fingerprint density at radius 2 is 1.85 bits per heavy atom. The van der Waals surface area contributed by atoms with Crippen LogP contribution in [0.15, 0.2) is 12.4 Å². The van der Waals surface area contributed by atoms with Crippen LogP contribution in [0.25, 0.3) is 0 Å². The van der Waals surface area contributed by atoms with E-state index in [4.69, 9.17) is 0 Å². The fourth-order valence-corrected chi connectivity index (χ4v) is 4.06. The van der Waals surface area contributed by atoms with Gasteiger partial charge >= 0.3 is 0 Å². The predicted molar refractivity (Wildman–Crippen MR) is 99.1 cm³/mol. The maximum Gasteiger partial charge on any atom is 0.148 e. The van der Waals surface area contributed by atoms with Crippen LogP contribution in [-0.4, -0.2) is 67.8 Å². The van der Waals surface area contributed by atoms with Gasteiger partial charge in [0.2, 0.25) is 0 Å². The topological polar surface area (TPSA) is 75.9 Å². The van der Waals surface area contributed by atoms with Crippen molar-refractivity contribution in [1.29, 1.82) is 0 Å². The Labute approximate surface area is 154 Å². The van der Waals surface area contributed by atoms with Crippen LogP contribution < -0.4 is 4.90 Å².